The van der Waals surface area contributed by atoms with Gasteiger partial charge in [0.2, 0.25) is 5.89 Å². The van der Waals surface area contributed by atoms with E-state index in [-0.39, 0.29) is 6.61 Å². The predicted octanol–water partition coefficient (Wildman–Crippen LogP) is 5.37. The Bertz CT molecular complexity index is 1250. The summed E-state index contributed by atoms with van der Waals surface area (Å²) in [5, 5.41) is 14.2. The Balaban J connectivity index is 1.38. The maximum atomic E-state index is 6.41. The molecule has 1 aliphatic rings. The van der Waals surface area contributed by atoms with Gasteiger partial charge >= 0.3 is 0 Å². The van der Waals surface area contributed by atoms with Crippen LogP contribution in [0, 0.1) is 6.92 Å². The van der Waals surface area contributed by atoms with Gasteiger partial charge in [-0.2, -0.15) is 4.98 Å². The molecule has 0 amide bonds. The fourth-order valence-electron chi connectivity index (χ4n) is 3.24. The molecule has 33 heavy (non-hydrogen) atoms. The maximum Gasteiger partial charge on any atom is 0.229 e. The lowest BCUT2D eigenvalue weighted by molar-refractivity contribution is 0.292. The van der Waals surface area contributed by atoms with E-state index in [2.05, 4.69) is 20.3 Å². The quantitative estimate of drug-likeness (QED) is 0.293. The van der Waals surface area contributed by atoms with Gasteiger partial charge < -0.3 is 14.0 Å². The van der Waals surface area contributed by atoms with Crippen molar-refractivity contribution >= 4 is 23.4 Å². The smallest absolute Gasteiger partial charge is 0.229 e. The molecule has 0 N–H and O–H groups in total. The predicted molar refractivity (Wildman–Crippen MR) is 124 cm³/mol. The van der Waals surface area contributed by atoms with E-state index in [4.69, 9.17) is 25.6 Å². The van der Waals surface area contributed by atoms with Crippen molar-refractivity contribution in [1.82, 2.24) is 24.9 Å². The van der Waals surface area contributed by atoms with Crippen LogP contribution < -0.4 is 9.47 Å². The normalized spacial score (nSPS) is 13.3. The van der Waals surface area contributed by atoms with Crippen LogP contribution in [-0.2, 0) is 12.4 Å². The van der Waals surface area contributed by atoms with Gasteiger partial charge in [-0.1, -0.05) is 34.6 Å². The third-order valence-electron chi connectivity index (χ3n) is 5.28. The molecule has 2 aromatic carbocycles. The van der Waals surface area contributed by atoms with E-state index in [1.807, 2.05) is 54.0 Å². The lowest BCUT2D eigenvalue weighted by Gasteiger charge is -2.12. The number of hydrogen-bond acceptors (Lipinski definition) is 8. The summed E-state index contributed by atoms with van der Waals surface area (Å²) >= 11 is 7.90. The van der Waals surface area contributed by atoms with Crippen LogP contribution in [0.5, 0.6) is 11.5 Å². The van der Waals surface area contributed by atoms with Crippen molar-refractivity contribution in [2.45, 2.75) is 43.2 Å². The molecule has 0 saturated heterocycles. The highest BCUT2D eigenvalue weighted by atomic mass is 35.5. The zero-order valence-corrected chi connectivity index (χ0v) is 19.8. The molecule has 1 aliphatic carbocycles. The number of halogens is 1. The second kappa shape index (κ2) is 9.44. The Morgan fingerprint density at radius 1 is 1.12 bits per heavy atom. The Hall–Kier alpha value is -3.04. The average Bonchev–Trinajstić information content (AvgIpc) is 3.44. The van der Waals surface area contributed by atoms with Gasteiger partial charge in [-0.3, -0.25) is 4.57 Å². The molecule has 8 nitrogen and oxygen atoms in total. The van der Waals surface area contributed by atoms with Gasteiger partial charge in [0.25, 0.3) is 0 Å². The summed E-state index contributed by atoms with van der Waals surface area (Å²) in [6, 6.07) is 13.3. The first-order valence-corrected chi connectivity index (χ1v) is 11.9. The first-order chi connectivity index (χ1) is 16.1. The second-order valence-electron chi connectivity index (χ2n) is 7.74. The molecule has 4 aromatic rings. The third kappa shape index (κ3) is 4.99. The zero-order chi connectivity index (χ0) is 22.8. The number of aryl methyl sites for hydroxylation is 1. The molecule has 0 aliphatic heterocycles. The number of aromatic nitrogens is 5. The molecular formula is C23H22ClN5O3S. The van der Waals surface area contributed by atoms with Gasteiger partial charge in [0.15, 0.2) is 16.8 Å². The molecule has 0 radical (unpaired) electrons. The van der Waals surface area contributed by atoms with Crippen LogP contribution in [0.1, 0.15) is 41.9 Å². The molecule has 5 rings (SSSR count). The van der Waals surface area contributed by atoms with E-state index in [1.54, 1.807) is 7.11 Å². The minimum Gasteiger partial charge on any atom is -0.497 e. The molecule has 2 heterocycles. The van der Waals surface area contributed by atoms with Crippen molar-refractivity contribution in [3.05, 3.63) is 70.6 Å². The number of methoxy groups -OCH3 is 1. The zero-order valence-electron chi connectivity index (χ0n) is 18.2. The molecule has 1 fully saturated rings. The van der Waals surface area contributed by atoms with E-state index < -0.39 is 0 Å². The van der Waals surface area contributed by atoms with Crippen molar-refractivity contribution in [2.24, 2.45) is 0 Å². The summed E-state index contributed by atoms with van der Waals surface area (Å²) in [7, 11) is 1.63. The van der Waals surface area contributed by atoms with Gasteiger partial charge in [-0.15, -0.1) is 10.2 Å². The Kier molecular flexibility index (Phi) is 6.24. The number of rotatable bonds is 9. The number of hydrogen-bond donors (Lipinski definition) is 0. The van der Waals surface area contributed by atoms with Crippen LogP contribution in [0.25, 0.3) is 5.69 Å². The van der Waals surface area contributed by atoms with Gasteiger partial charge in [-0.05, 0) is 61.7 Å². The highest BCUT2D eigenvalue weighted by Crippen LogP contribution is 2.39. The first-order valence-electron chi connectivity index (χ1n) is 10.5. The van der Waals surface area contributed by atoms with Gasteiger partial charge in [0.1, 0.15) is 18.1 Å². The maximum absolute atomic E-state index is 6.41. The topological polar surface area (TPSA) is 88.1 Å². The molecule has 2 aromatic heterocycles. The van der Waals surface area contributed by atoms with Crippen molar-refractivity contribution in [2.75, 3.05) is 7.11 Å². The van der Waals surface area contributed by atoms with E-state index in [0.29, 0.717) is 39.2 Å². The molecule has 170 valence electrons. The van der Waals surface area contributed by atoms with Gasteiger partial charge in [0, 0.05) is 10.9 Å². The van der Waals surface area contributed by atoms with Crippen LogP contribution in [-0.4, -0.2) is 32.0 Å². The van der Waals surface area contributed by atoms with Crippen LogP contribution in [0.15, 0.2) is 52.1 Å². The minimum absolute atomic E-state index is 0.236. The third-order valence-corrected chi connectivity index (χ3v) is 6.61. The second-order valence-corrected chi connectivity index (χ2v) is 9.09. The Morgan fingerprint density at radius 3 is 2.64 bits per heavy atom. The van der Waals surface area contributed by atoms with Gasteiger partial charge in [-0.25, -0.2) is 0 Å². The monoisotopic (exact) mass is 483 g/mol. The van der Waals surface area contributed by atoms with Crippen LogP contribution in [0.4, 0.5) is 0 Å². The first kappa shape index (κ1) is 21.8. The Labute approximate surface area is 200 Å². The molecule has 1 saturated carbocycles. The fourth-order valence-corrected chi connectivity index (χ4v) is 4.23. The summed E-state index contributed by atoms with van der Waals surface area (Å²) < 4.78 is 18.5. The van der Waals surface area contributed by atoms with E-state index in [0.717, 1.165) is 35.7 Å². The molecule has 0 atom stereocenters. The summed E-state index contributed by atoms with van der Waals surface area (Å²) in [5.41, 5.74) is 1.86. The average molecular weight is 484 g/mol. The lowest BCUT2D eigenvalue weighted by Crippen LogP contribution is -2.07. The van der Waals surface area contributed by atoms with E-state index in [1.165, 1.54) is 11.8 Å². The molecular weight excluding hydrogens is 462 g/mol. The van der Waals surface area contributed by atoms with Crippen molar-refractivity contribution < 1.29 is 14.0 Å². The minimum atomic E-state index is 0.236. The molecule has 0 unspecified atom stereocenters. The standard InChI is InChI=1S/C23H22ClN5O3S/c1-14-3-6-16(11-19(14)24)29-21(12-31-18-9-7-17(30-2)8-10-18)26-27-23(29)33-13-20-25-22(32-28-20)15-4-5-15/h3,6-11,15H,4-5,12-13H2,1-2H3. The number of nitrogens with zero attached hydrogens (tertiary/aromatic N) is 5. The molecule has 0 bridgehead atoms. The summed E-state index contributed by atoms with van der Waals surface area (Å²) in [6.07, 6.45) is 2.24. The lowest BCUT2D eigenvalue weighted by atomic mass is 10.2. The number of ether oxygens (including phenoxy) is 2. The summed E-state index contributed by atoms with van der Waals surface area (Å²) in [4.78, 5) is 4.50. The highest BCUT2D eigenvalue weighted by molar-refractivity contribution is 7.98. The fraction of sp³-hybridized carbons (Fsp3) is 0.304. The van der Waals surface area contributed by atoms with Crippen molar-refractivity contribution in [3.8, 4) is 17.2 Å². The van der Waals surface area contributed by atoms with Crippen LogP contribution in [0.3, 0.4) is 0 Å². The van der Waals surface area contributed by atoms with Crippen molar-refractivity contribution in [3.63, 3.8) is 0 Å². The van der Waals surface area contributed by atoms with Crippen LogP contribution >= 0.6 is 23.4 Å². The highest BCUT2D eigenvalue weighted by Gasteiger charge is 2.29. The molecule has 10 heteroatoms. The SMILES string of the molecule is COc1ccc(OCc2nnc(SCc3noc(C4CC4)n3)n2-c2ccc(C)c(Cl)c2)cc1. The number of benzene rings is 2. The molecule has 0 spiro atoms. The van der Waals surface area contributed by atoms with E-state index in [9.17, 15) is 0 Å². The summed E-state index contributed by atoms with van der Waals surface area (Å²) in [5.74, 6) is 4.45. The van der Waals surface area contributed by atoms with Crippen molar-refractivity contribution in [1.29, 1.82) is 0 Å². The van der Waals surface area contributed by atoms with Gasteiger partial charge in [0.05, 0.1) is 18.6 Å². The largest absolute Gasteiger partial charge is 0.497 e. The van der Waals surface area contributed by atoms with E-state index >= 15 is 0 Å². The van der Waals surface area contributed by atoms with Crippen LogP contribution in [0.2, 0.25) is 5.02 Å². The Morgan fingerprint density at radius 2 is 1.91 bits per heavy atom. The number of thioether (sulfide) groups is 1. The summed E-state index contributed by atoms with van der Waals surface area (Å²) in [6.45, 7) is 2.20.